The fourth-order valence-corrected chi connectivity index (χ4v) is 4.84. The monoisotopic (exact) mass is 308 g/mol. The molecule has 1 atom stereocenters. The highest BCUT2D eigenvalue weighted by Gasteiger charge is 2.24. The molecule has 1 N–H and O–H groups in total. The molecule has 1 fully saturated rings. The molecule has 5 heteroatoms. The predicted octanol–water partition coefficient (Wildman–Crippen LogP) is 1.21. The highest BCUT2D eigenvalue weighted by molar-refractivity contribution is 7.91. The fraction of sp³-hybridized carbons (Fsp3) is 0.625. The average molecular weight is 308 g/mol. The Labute approximate surface area is 127 Å². The van der Waals surface area contributed by atoms with Crippen LogP contribution < -0.4 is 5.32 Å². The van der Waals surface area contributed by atoms with Gasteiger partial charge in [0.1, 0.15) is 0 Å². The molecule has 21 heavy (non-hydrogen) atoms. The summed E-state index contributed by atoms with van der Waals surface area (Å²) in [6.07, 6.45) is 3.26. The lowest BCUT2D eigenvalue weighted by Crippen LogP contribution is -2.46. The summed E-state index contributed by atoms with van der Waals surface area (Å²) < 4.78 is 23.4. The van der Waals surface area contributed by atoms with Crippen molar-refractivity contribution >= 4 is 9.84 Å². The molecule has 0 aromatic heterocycles. The van der Waals surface area contributed by atoms with E-state index in [-0.39, 0.29) is 6.04 Å². The summed E-state index contributed by atoms with van der Waals surface area (Å²) in [7, 11) is -2.82. The Balaban J connectivity index is 1.56. The Kier molecular flexibility index (Phi) is 4.62. The van der Waals surface area contributed by atoms with Crippen LogP contribution in [0.3, 0.4) is 0 Å². The van der Waals surface area contributed by atoms with Crippen molar-refractivity contribution in [3.05, 3.63) is 35.4 Å². The lowest BCUT2D eigenvalue weighted by Gasteiger charge is -2.27. The van der Waals surface area contributed by atoms with Crippen molar-refractivity contribution in [2.75, 3.05) is 31.1 Å². The van der Waals surface area contributed by atoms with Crippen molar-refractivity contribution in [1.29, 1.82) is 0 Å². The summed E-state index contributed by atoms with van der Waals surface area (Å²) in [5.74, 6) is 0.595. The number of hydrogen-bond acceptors (Lipinski definition) is 4. The van der Waals surface area contributed by atoms with E-state index in [9.17, 15) is 8.42 Å². The van der Waals surface area contributed by atoms with Gasteiger partial charge in [0.15, 0.2) is 9.84 Å². The van der Waals surface area contributed by atoms with Crippen molar-refractivity contribution in [2.24, 2.45) is 0 Å². The number of nitrogens with zero attached hydrogens (tertiary/aromatic N) is 1. The van der Waals surface area contributed by atoms with Gasteiger partial charge in [0.25, 0.3) is 0 Å². The second-order valence-corrected chi connectivity index (χ2v) is 8.43. The van der Waals surface area contributed by atoms with Gasteiger partial charge in [-0.25, -0.2) is 8.42 Å². The van der Waals surface area contributed by atoms with Crippen LogP contribution in [0.1, 0.15) is 24.0 Å². The van der Waals surface area contributed by atoms with Crippen molar-refractivity contribution in [2.45, 2.75) is 31.8 Å². The minimum Gasteiger partial charge on any atom is -0.312 e. The van der Waals surface area contributed by atoms with E-state index in [2.05, 4.69) is 34.5 Å². The Bertz CT molecular complexity index is 586. The summed E-state index contributed by atoms with van der Waals surface area (Å²) in [6, 6.07) is 8.80. The number of aryl methyl sites for hydroxylation is 1. The maximum absolute atomic E-state index is 11.7. The van der Waals surface area contributed by atoms with E-state index < -0.39 is 9.84 Å². The van der Waals surface area contributed by atoms with E-state index in [1.807, 2.05) is 0 Å². The first-order chi connectivity index (χ1) is 10.1. The zero-order valence-corrected chi connectivity index (χ0v) is 13.2. The van der Waals surface area contributed by atoms with Gasteiger partial charge in [-0.15, -0.1) is 0 Å². The summed E-state index contributed by atoms with van der Waals surface area (Å²) in [6.45, 7) is 3.68. The van der Waals surface area contributed by atoms with E-state index in [0.717, 1.165) is 32.5 Å². The largest absolute Gasteiger partial charge is 0.312 e. The van der Waals surface area contributed by atoms with Crippen LogP contribution in [-0.2, 0) is 22.8 Å². The molecule has 0 radical (unpaired) electrons. The highest BCUT2D eigenvalue weighted by atomic mass is 32.2. The molecule has 1 aromatic rings. The molecule has 0 bridgehead atoms. The second-order valence-electron chi connectivity index (χ2n) is 6.20. The van der Waals surface area contributed by atoms with Crippen LogP contribution in [-0.4, -0.2) is 50.5 Å². The van der Waals surface area contributed by atoms with E-state index in [1.54, 1.807) is 0 Å². The molecule has 116 valence electrons. The van der Waals surface area contributed by atoms with Gasteiger partial charge in [0, 0.05) is 19.1 Å². The van der Waals surface area contributed by atoms with Crippen molar-refractivity contribution in [1.82, 2.24) is 10.2 Å². The lowest BCUT2D eigenvalue weighted by molar-refractivity contribution is 0.254. The van der Waals surface area contributed by atoms with Gasteiger partial charge in [-0.1, -0.05) is 24.3 Å². The first kappa shape index (κ1) is 15.0. The lowest BCUT2D eigenvalue weighted by atomic mass is 10.0. The molecule has 1 saturated heterocycles. The van der Waals surface area contributed by atoms with Crippen LogP contribution in [0, 0.1) is 0 Å². The van der Waals surface area contributed by atoms with E-state index in [1.165, 1.54) is 17.5 Å². The first-order valence-corrected chi connectivity index (χ1v) is 9.67. The minimum absolute atomic E-state index is 0.127. The number of nitrogens with one attached hydrogen (secondary N) is 1. The van der Waals surface area contributed by atoms with Crippen LogP contribution in [0.15, 0.2) is 24.3 Å². The third-order valence-electron chi connectivity index (χ3n) is 4.53. The molecule has 1 aromatic carbocycles. The van der Waals surface area contributed by atoms with Gasteiger partial charge in [-0.3, -0.25) is 4.90 Å². The third kappa shape index (κ3) is 4.05. The standard InChI is InChI=1S/C16H24N2O2S/c19-21(20)11-8-17-16(13-21)7-10-18-9-3-6-14-4-1-2-5-15(14)12-18/h1-2,4-5,16-17H,3,6-13H2. The SMILES string of the molecule is O=S1(=O)CCNC(CCN2CCCc3ccccc3C2)C1. The van der Waals surface area contributed by atoms with Gasteiger partial charge in [-0.2, -0.15) is 0 Å². The van der Waals surface area contributed by atoms with Crippen LogP contribution in [0.2, 0.25) is 0 Å². The predicted molar refractivity (Wildman–Crippen MR) is 85.1 cm³/mol. The van der Waals surface area contributed by atoms with Gasteiger partial charge < -0.3 is 5.32 Å². The summed E-state index contributed by atoms with van der Waals surface area (Å²) in [4.78, 5) is 2.47. The van der Waals surface area contributed by atoms with Crippen LogP contribution in [0.25, 0.3) is 0 Å². The fourth-order valence-electron chi connectivity index (χ4n) is 3.35. The zero-order valence-electron chi connectivity index (χ0n) is 12.4. The molecule has 2 aliphatic heterocycles. The Morgan fingerprint density at radius 3 is 2.86 bits per heavy atom. The van der Waals surface area contributed by atoms with Crippen molar-refractivity contribution in [3.8, 4) is 0 Å². The van der Waals surface area contributed by atoms with Gasteiger partial charge in [0.05, 0.1) is 11.5 Å². The average Bonchev–Trinajstić information content (AvgIpc) is 2.66. The molecule has 4 nitrogen and oxygen atoms in total. The zero-order chi connectivity index (χ0) is 14.7. The summed E-state index contributed by atoms with van der Waals surface area (Å²) >= 11 is 0. The Hall–Kier alpha value is -0.910. The Morgan fingerprint density at radius 2 is 2.05 bits per heavy atom. The van der Waals surface area contributed by atoms with Crippen molar-refractivity contribution in [3.63, 3.8) is 0 Å². The summed E-state index contributed by atoms with van der Waals surface area (Å²) in [5, 5.41) is 3.34. The number of fused-ring (bicyclic) bond motifs is 1. The topological polar surface area (TPSA) is 49.4 Å². The van der Waals surface area contributed by atoms with E-state index in [0.29, 0.717) is 18.1 Å². The quantitative estimate of drug-likeness (QED) is 0.912. The van der Waals surface area contributed by atoms with E-state index in [4.69, 9.17) is 0 Å². The number of rotatable bonds is 3. The highest BCUT2D eigenvalue weighted by Crippen LogP contribution is 2.19. The van der Waals surface area contributed by atoms with Crippen LogP contribution in [0.5, 0.6) is 0 Å². The number of hydrogen-bond donors (Lipinski definition) is 1. The molecule has 2 aliphatic rings. The molecule has 0 saturated carbocycles. The molecule has 2 heterocycles. The molecule has 0 spiro atoms. The smallest absolute Gasteiger partial charge is 0.153 e. The van der Waals surface area contributed by atoms with E-state index >= 15 is 0 Å². The summed E-state index contributed by atoms with van der Waals surface area (Å²) in [5.41, 5.74) is 2.90. The second kappa shape index (κ2) is 6.46. The normalized spacial score (nSPS) is 26.0. The molecule has 0 aliphatic carbocycles. The van der Waals surface area contributed by atoms with Gasteiger partial charge >= 0.3 is 0 Å². The van der Waals surface area contributed by atoms with Crippen molar-refractivity contribution < 1.29 is 8.42 Å². The Morgan fingerprint density at radius 1 is 1.24 bits per heavy atom. The molecule has 3 rings (SSSR count). The molecule has 0 amide bonds. The minimum atomic E-state index is -2.82. The molecule has 1 unspecified atom stereocenters. The van der Waals surface area contributed by atoms with Crippen LogP contribution in [0.4, 0.5) is 0 Å². The number of sulfone groups is 1. The first-order valence-electron chi connectivity index (χ1n) is 7.85. The maximum atomic E-state index is 11.7. The van der Waals surface area contributed by atoms with Gasteiger partial charge in [0.2, 0.25) is 0 Å². The maximum Gasteiger partial charge on any atom is 0.153 e. The molecular formula is C16H24N2O2S. The van der Waals surface area contributed by atoms with Crippen LogP contribution >= 0.6 is 0 Å². The number of benzene rings is 1. The molecular weight excluding hydrogens is 284 g/mol. The van der Waals surface area contributed by atoms with Gasteiger partial charge in [-0.05, 0) is 43.5 Å². The third-order valence-corrected chi connectivity index (χ3v) is 6.26.